The van der Waals surface area contributed by atoms with Crippen LogP contribution in [0.1, 0.15) is 24.1 Å². The Kier molecular flexibility index (Phi) is 3.67. The van der Waals surface area contributed by atoms with E-state index in [1.807, 2.05) is 47.4 Å². The average Bonchev–Trinajstić information content (AvgIpc) is 2.90. The van der Waals surface area contributed by atoms with Gasteiger partial charge >= 0.3 is 0 Å². The van der Waals surface area contributed by atoms with Crippen molar-refractivity contribution in [1.82, 2.24) is 19.9 Å². The first-order valence-electron chi connectivity index (χ1n) is 6.55. The van der Waals surface area contributed by atoms with E-state index >= 15 is 0 Å². The van der Waals surface area contributed by atoms with Gasteiger partial charge in [-0.05, 0) is 24.2 Å². The fourth-order valence-electron chi connectivity index (χ4n) is 2.34. The van der Waals surface area contributed by atoms with Gasteiger partial charge in [0.05, 0.1) is 24.0 Å². The molecule has 0 amide bonds. The van der Waals surface area contributed by atoms with Gasteiger partial charge in [-0.25, -0.2) is 4.52 Å². The van der Waals surface area contributed by atoms with Gasteiger partial charge in [-0.3, -0.25) is 4.98 Å². The SMILES string of the molecule is CCNC(c1ccc(Cl)cc1)c1cnn2ccncc12. The van der Waals surface area contributed by atoms with Crippen LogP contribution < -0.4 is 5.32 Å². The van der Waals surface area contributed by atoms with E-state index in [4.69, 9.17) is 11.6 Å². The second-order valence-electron chi connectivity index (χ2n) is 4.55. The van der Waals surface area contributed by atoms with Crippen molar-refractivity contribution in [3.05, 3.63) is 65.2 Å². The van der Waals surface area contributed by atoms with Gasteiger partial charge in [0.25, 0.3) is 0 Å². The van der Waals surface area contributed by atoms with E-state index in [2.05, 4.69) is 22.3 Å². The summed E-state index contributed by atoms with van der Waals surface area (Å²) in [6.45, 7) is 2.96. The molecule has 3 rings (SSSR count). The van der Waals surface area contributed by atoms with Crippen molar-refractivity contribution in [2.24, 2.45) is 0 Å². The molecule has 1 N–H and O–H groups in total. The maximum absolute atomic E-state index is 5.97. The molecule has 0 spiro atoms. The lowest BCUT2D eigenvalue weighted by atomic mass is 10.0. The summed E-state index contributed by atoms with van der Waals surface area (Å²) in [5, 5.41) is 8.61. The monoisotopic (exact) mass is 286 g/mol. The number of halogens is 1. The molecule has 0 aliphatic heterocycles. The van der Waals surface area contributed by atoms with Gasteiger partial charge < -0.3 is 5.32 Å². The summed E-state index contributed by atoms with van der Waals surface area (Å²) >= 11 is 5.97. The smallest absolute Gasteiger partial charge is 0.0896 e. The molecule has 0 radical (unpaired) electrons. The third-order valence-corrected chi connectivity index (χ3v) is 3.53. The highest BCUT2D eigenvalue weighted by Gasteiger charge is 2.17. The van der Waals surface area contributed by atoms with Gasteiger partial charge in [0.2, 0.25) is 0 Å². The fourth-order valence-corrected chi connectivity index (χ4v) is 2.47. The van der Waals surface area contributed by atoms with Gasteiger partial charge in [0, 0.05) is 23.0 Å². The summed E-state index contributed by atoms with van der Waals surface area (Å²) in [6.07, 6.45) is 7.31. The molecule has 4 nitrogen and oxygen atoms in total. The lowest BCUT2D eigenvalue weighted by molar-refractivity contribution is 0.634. The number of nitrogens with zero attached hydrogens (tertiary/aromatic N) is 3. The van der Waals surface area contributed by atoms with E-state index in [-0.39, 0.29) is 6.04 Å². The van der Waals surface area contributed by atoms with E-state index in [1.165, 1.54) is 0 Å². The number of rotatable bonds is 4. The third-order valence-electron chi connectivity index (χ3n) is 3.28. The quantitative estimate of drug-likeness (QED) is 0.801. The van der Waals surface area contributed by atoms with Crippen molar-refractivity contribution in [3.8, 4) is 0 Å². The second-order valence-corrected chi connectivity index (χ2v) is 4.98. The van der Waals surface area contributed by atoms with Crippen LogP contribution in [0.25, 0.3) is 5.52 Å². The molecule has 0 aliphatic rings. The summed E-state index contributed by atoms with van der Waals surface area (Å²) in [5.41, 5.74) is 3.28. The van der Waals surface area contributed by atoms with Crippen molar-refractivity contribution in [3.63, 3.8) is 0 Å². The highest BCUT2D eigenvalue weighted by molar-refractivity contribution is 6.30. The Bertz CT molecular complexity index is 705. The van der Waals surface area contributed by atoms with Crippen molar-refractivity contribution >= 4 is 17.1 Å². The maximum atomic E-state index is 5.97. The molecule has 2 heterocycles. The predicted molar refractivity (Wildman–Crippen MR) is 80.0 cm³/mol. The second kappa shape index (κ2) is 5.61. The van der Waals surface area contributed by atoms with Crippen molar-refractivity contribution in [2.75, 3.05) is 6.54 Å². The van der Waals surface area contributed by atoms with Crippen LogP contribution in [0.4, 0.5) is 0 Å². The van der Waals surface area contributed by atoms with Crippen LogP contribution in [-0.2, 0) is 0 Å². The van der Waals surface area contributed by atoms with Crippen molar-refractivity contribution in [1.29, 1.82) is 0 Å². The Labute approximate surface area is 122 Å². The fraction of sp³-hybridized carbons (Fsp3) is 0.200. The van der Waals surface area contributed by atoms with Crippen LogP contribution in [0.2, 0.25) is 5.02 Å². The van der Waals surface area contributed by atoms with Crippen molar-refractivity contribution < 1.29 is 0 Å². The number of hydrogen-bond donors (Lipinski definition) is 1. The minimum atomic E-state index is 0.0824. The van der Waals surface area contributed by atoms with Gasteiger partial charge in [0.15, 0.2) is 0 Å². The number of benzene rings is 1. The molecule has 2 aromatic heterocycles. The lowest BCUT2D eigenvalue weighted by Gasteiger charge is -2.17. The van der Waals surface area contributed by atoms with Gasteiger partial charge in [-0.2, -0.15) is 5.10 Å². The van der Waals surface area contributed by atoms with Crippen molar-refractivity contribution in [2.45, 2.75) is 13.0 Å². The average molecular weight is 287 g/mol. The zero-order chi connectivity index (χ0) is 13.9. The zero-order valence-electron chi connectivity index (χ0n) is 11.1. The number of hydrogen-bond acceptors (Lipinski definition) is 3. The van der Waals surface area contributed by atoms with Crippen LogP contribution in [0.5, 0.6) is 0 Å². The summed E-state index contributed by atoms with van der Waals surface area (Å²) in [5.74, 6) is 0. The zero-order valence-corrected chi connectivity index (χ0v) is 11.9. The molecule has 1 atom stereocenters. The third kappa shape index (κ3) is 2.40. The molecule has 0 fully saturated rings. The maximum Gasteiger partial charge on any atom is 0.0896 e. The lowest BCUT2D eigenvalue weighted by Crippen LogP contribution is -2.21. The molecule has 1 unspecified atom stereocenters. The van der Waals surface area contributed by atoms with Gasteiger partial charge in [-0.15, -0.1) is 0 Å². The van der Waals surface area contributed by atoms with Crippen LogP contribution in [0.3, 0.4) is 0 Å². The van der Waals surface area contributed by atoms with Crippen LogP contribution >= 0.6 is 11.6 Å². The summed E-state index contributed by atoms with van der Waals surface area (Å²) < 4.78 is 1.84. The molecule has 0 aliphatic carbocycles. The van der Waals surface area contributed by atoms with E-state index in [0.29, 0.717) is 0 Å². The Morgan fingerprint density at radius 3 is 2.80 bits per heavy atom. The minimum absolute atomic E-state index is 0.0824. The molecule has 0 saturated carbocycles. The number of nitrogens with one attached hydrogen (secondary N) is 1. The summed E-state index contributed by atoms with van der Waals surface area (Å²) in [4.78, 5) is 4.19. The molecule has 3 aromatic rings. The number of fused-ring (bicyclic) bond motifs is 1. The molecule has 0 bridgehead atoms. The molecule has 5 heteroatoms. The predicted octanol–water partition coefficient (Wildman–Crippen LogP) is 3.08. The summed E-state index contributed by atoms with van der Waals surface area (Å²) in [7, 11) is 0. The van der Waals surface area contributed by atoms with Crippen LogP contribution in [-0.4, -0.2) is 21.1 Å². The molecule has 0 saturated heterocycles. The molecule has 1 aromatic carbocycles. The Hall–Kier alpha value is -1.91. The summed E-state index contributed by atoms with van der Waals surface area (Å²) in [6, 6.07) is 7.97. The first-order chi connectivity index (χ1) is 9.79. The first-order valence-corrected chi connectivity index (χ1v) is 6.93. The van der Waals surface area contributed by atoms with Gasteiger partial charge in [-0.1, -0.05) is 30.7 Å². The topological polar surface area (TPSA) is 42.2 Å². The standard InChI is InChI=1S/C15H15ClN4/c1-2-18-15(11-3-5-12(16)6-4-11)13-9-19-20-8-7-17-10-14(13)20/h3-10,15,18H,2H2,1H3. The van der Waals surface area contributed by atoms with Gasteiger partial charge in [0.1, 0.15) is 0 Å². The van der Waals surface area contributed by atoms with Crippen LogP contribution in [0.15, 0.2) is 49.1 Å². The largest absolute Gasteiger partial charge is 0.306 e. The molecular weight excluding hydrogens is 272 g/mol. The highest BCUT2D eigenvalue weighted by atomic mass is 35.5. The Balaban J connectivity index is 2.08. The molecule has 102 valence electrons. The normalized spacial score (nSPS) is 12.7. The Morgan fingerprint density at radius 2 is 2.05 bits per heavy atom. The van der Waals surface area contributed by atoms with E-state index in [0.717, 1.165) is 28.2 Å². The molecular formula is C15H15ClN4. The van der Waals surface area contributed by atoms with E-state index in [1.54, 1.807) is 6.20 Å². The Morgan fingerprint density at radius 1 is 1.25 bits per heavy atom. The minimum Gasteiger partial charge on any atom is -0.306 e. The highest BCUT2D eigenvalue weighted by Crippen LogP contribution is 2.26. The molecule has 20 heavy (non-hydrogen) atoms. The first kappa shape index (κ1) is 13.1. The van der Waals surface area contributed by atoms with Crippen LogP contribution in [0, 0.1) is 0 Å². The van der Waals surface area contributed by atoms with E-state index in [9.17, 15) is 0 Å². The van der Waals surface area contributed by atoms with E-state index < -0.39 is 0 Å². The number of aromatic nitrogens is 3.